The van der Waals surface area contributed by atoms with Crippen LogP contribution in [0.2, 0.25) is 5.02 Å². The minimum atomic E-state index is -0.252. The predicted molar refractivity (Wildman–Crippen MR) is 63.2 cm³/mol. The molecule has 82 valence electrons. The largest absolute Gasteiger partial charge is 0.392 e. The lowest BCUT2D eigenvalue weighted by atomic mass is 9.95. The van der Waals surface area contributed by atoms with Crippen molar-refractivity contribution in [3.63, 3.8) is 0 Å². The van der Waals surface area contributed by atoms with Crippen LogP contribution in [-0.2, 0) is 6.42 Å². The third kappa shape index (κ3) is 2.35. The van der Waals surface area contributed by atoms with E-state index in [-0.39, 0.29) is 11.5 Å². The molecule has 1 aromatic rings. The zero-order valence-electron chi connectivity index (χ0n) is 9.26. The van der Waals surface area contributed by atoms with Gasteiger partial charge in [0.2, 0.25) is 0 Å². The molecule has 0 radical (unpaired) electrons. The summed E-state index contributed by atoms with van der Waals surface area (Å²) in [4.78, 5) is 0. The van der Waals surface area contributed by atoms with Gasteiger partial charge in [-0.1, -0.05) is 30.7 Å². The lowest BCUT2D eigenvalue weighted by molar-refractivity contribution is 0.103. The van der Waals surface area contributed by atoms with Gasteiger partial charge in [-0.3, -0.25) is 0 Å². The normalized spacial score (nSPS) is 20.0. The van der Waals surface area contributed by atoms with E-state index in [1.165, 1.54) is 0 Å². The second-order valence-corrected chi connectivity index (χ2v) is 5.38. The van der Waals surface area contributed by atoms with E-state index in [1.54, 1.807) is 0 Å². The standard InChI is InChI=1S/C13H17ClO/c1-9-3-4-10(11(14)7-9)8-12(15)13(2)5-6-13/h3-4,7,12,15H,5-6,8H2,1-2H3. The fraction of sp³-hybridized carbons (Fsp3) is 0.538. The van der Waals surface area contributed by atoms with Gasteiger partial charge in [0.25, 0.3) is 0 Å². The Morgan fingerprint density at radius 2 is 2.13 bits per heavy atom. The summed E-state index contributed by atoms with van der Waals surface area (Å²) in [5.74, 6) is 0. The van der Waals surface area contributed by atoms with E-state index in [2.05, 4.69) is 6.92 Å². The van der Waals surface area contributed by atoms with Crippen molar-refractivity contribution in [2.45, 2.75) is 39.2 Å². The lowest BCUT2D eigenvalue weighted by Crippen LogP contribution is -2.21. The van der Waals surface area contributed by atoms with Crippen LogP contribution in [0, 0.1) is 12.3 Å². The van der Waals surface area contributed by atoms with Crippen LogP contribution in [0.1, 0.15) is 30.9 Å². The lowest BCUT2D eigenvalue weighted by Gasteiger charge is -2.18. The fourth-order valence-corrected chi connectivity index (χ4v) is 2.12. The number of halogens is 1. The van der Waals surface area contributed by atoms with Gasteiger partial charge in [0.05, 0.1) is 6.10 Å². The number of aliphatic hydroxyl groups excluding tert-OH is 1. The summed E-state index contributed by atoms with van der Waals surface area (Å²) >= 11 is 6.13. The van der Waals surface area contributed by atoms with Gasteiger partial charge >= 0.3 is 0 Å². The highest BCUT2D eigenvalue weighted by Crippen LogP contribution is 2.49. The van der Waals surface area contributed by atoms with Crippen molar-refractivity contribution in [2.75, 3.05) is 0 Å². The topological polar surface area (TPSA) is 20.2 Å². The molecule has 0 aromatic heterocycles. The Balaban J connectivity index is 2.10. The maximum absolute atomic E-state index is 10.0. The van der Waals surface area contributed by atoms with Gasteiger partial charge in [-0.2, -0.15) is 0 Å². The highest BCUT2D eigenvalue weighted by molar-refractivity contribution is 6.31. The monoisotopic (exact) mass is 224 g/mol. The Morgan fingerprint density at radius 1 is 1.47 bits per heavy atom. The van der Waals surface area contributed by atoms with Crippen LogP contribution in [-0.4, -0.2) is 11.2 Å². The molecule has 0 bridgehead atoms. The number of hydrogen-bond donors (Lipinski definition) is 1. The van der Waals surface area contributed by atoms with Gasteiger partial charge in [0.1, 0.15) is 0 Å². The SMILES string of the molecule is Cc1ccc(CC(O)C2(C)CC2)c(Cl)c1. The van der Waals surface area contributed by atoms with Gasteiger partial charge in [-0.15, -0.1) is 0 Å². The molecule has 1 aromatic carbocycles. The van der Waals surface area contributed by atoms with E-state index < -0.39 is 0 Å². The molecule has 0 spiro atoms. The Labute approximate surface area is 96.1 Å². The molecule has 1 saturated carbocycles. The number of rotatable bonds is 3. The molecule has 1 aliphatic rings. The maximum Gasteiger partial charge on any atom is 0.0634 e. The molecule has 0 saturated heterocycles. The van der Waals surface area contributed by atoms with Crippen molar-refractivity contribution in [1.29, 1.82) is 0 Å². The highest BCUT2D eigenvalue weighted by atomic mass is 35.5. The first-order valence-electron chi connectivity index (χ1n) is 5.44. The van der Waals surface area contributed by atoms with E-state index in [4.69, 9.17) is 11.6 Å². The Morgan fingerprint density at radius 3 is 2.67 bits per heavy atom. The first kappa shape index (κ1) is 11.0. The Kier molecular flexibility index (Phi) is 2.78. The zero-order valence-corrected chi connectivity index (χ0v) is 10.0. The minimum absolute atomic E-state index is 0.147. The molecule has 0 amide bonds. The van der Waals surface area contributed by atoms with Crippen LogP contribution in [0.5, 0.6) is 0 Å². The average Bonchev–Trinajstić information content (AvgIpc) is 2.90. The molecule has 2 heteroatoms. The van der Waals surface area contributed by atoms with E-state index in [0.717, 1.165) is 29.0 Å². The molecule has 1 unspecified atom stereocenters. The van der Waals surface area contributed by atoms with E-state index in [0.29, 0.717) is 6.42 Å². The van der Waals surface area contributed by atoms with Gasteiger partial charge in [-0.05, 0) is 42.4 Å². The molecular formula is C13H17ClO. The molecule has 1 atom stereocenters. The van der Waals surface area contributed by atoms with E-state index >= 15 is 0 Å². The van der Waals surface area contributed by atoms with Gasteiger partial charge in [-0.25, -0.2) is 0 Å². The summed E-state index contributed by atoms with van der Waals surface area (Å²) < 4.78 is 0. The quantitative estimate of drug-likeness (QED) is 0.835. The molecule has 0 heterocycles. The second kappa shape index (κ2) is 3.80. The first-order chi connectivity index (χ1) is 7.01. The highest BCUT2D eigenvalue weighted by Gasteiger charge is 2.43. The third-order valence-corrected chi connectivity index (χ3v) is 3.82. The fourth-order valence-electron chi connectivity index (χ4n) is 1.80. The number of aryl methyl sites for hydroxylation is 1. The van der Waals surface area contributed by atoms with Gasteiger partial charge in [0, 0.05) is 11.4 Å². The molecular weight excluding hydrogens is 208 g/mol. The maximum atomic E-state index is 10.0. The predicted octanol–water partition coefficient (Wildman–Crippen LogP) is 3.35. The minimum Gasteiger partial charge on any atom is -0.392 e. The second-order valence-electron chi connectivity index (χ2n) is 4.97. The summed E-state index contributed by atoms with van der Waals surface area (Å²) in [6.07, 6.45) is 2.70. The van der Waals surface area contributed by atoms with Crippen molar-refractivity contribution in [3.8, 4) is 0 Å². The number of aliphatic hydroxyl groups is 1. The molecule has 2 rings (SSSR count). The van der Waals surface area contributed by atoms with Crippen molar-refractivity contribution in [1.82, 2.24) is 0 Å². The van der Waals surface area contributed by atoms with Crippen LogP contribution in [0.4, 0.5) is 0 Å². The van der Waals surface area contributed by atoms with Crippen LogP contribution in [0.25, 0.3) is 0 Å². The van der Waals surface area contributed by atoms with Crippen molar-refractivity contribution in [2.24, 2.45) is 5.41 Å². The Bertz CT molecular complexity index is 369. The van der Waals surface area contributed by atoms with E-state index in [9.17, 15) is 5.11 Å². The van der Waals surface area contributed by atoms with Crippen LogP contribution in [0.3, 0.4) is 0 Å². The summed E-state index contributed by atoms with van der Waals surface area (Å²) in [5, 5.41) is 10.8. The molecule has 1 aliphatic carbocycles. The molecule has 15 heavy (non-hydrogen) atoms. The van der Waals surface area contributed by atoms with Crippen molar-refractivity contribution >= 4 is 11.6 Å². The summed E-state index contributed by atoms with van der Waals surface area (Å²) in [6.45, 7) is 4.16. The van der Waals surface area contributed by atoms with Gasteiger partial charge < -0.3 is 5.11 Å². The average molecular weight is 225 g/mol. The van der Waals surface area contributed by atoms with E-state index in [1.807, 2.05) is 25.1 Å². The Hall–Kier alpha value is -0.530. The number of hydrogen-bond acceptors (Lipinski definition) is 1. The molecule has 1 N–H and O–H groups in total. The molecule has 0 aliphatic heterocycles. The van der Waals surface area contributed by atoms with Crippen LogP contribution < -0.4 is 0 Å². The summed E-state index contributed by atoms with van der Waals surface area (Å²) in [7, 11) is 0. The smallest absolute Gasteiger partial charge is 0.0634 e. The zero-order chi connectivity index (χ0) is 11.1. The molecule has 1 fully saturated rings. The van der Waals surface area contributed by atoms with Crippen molar-refractivity contribution in [3.05, 3.63) is 34.3 Å². The third-order valence-electron chi connectivity index (χ3n) is 3.46. The first-order valence-corrected chi connectivity index (χ1v) is 5.82. The van der Waals surface area contributed by atoms with Crippen LogP contribution >= 0.6 is 11.6 Å². The summed E-state index contributed by atoms with van der Waals surface area (Å²) in [6, 6.07) is 6.02. The summed E-state index contributed by atoms with van der Waals surface area (Å²) in [5.41, 5.74) is 2.37. The van der Waals surface area contributed by atoms with Crippen LogP contribution in [0.15, 0.2) is 18.2 Å². The molecule has 1 nitrogen and oxygen atoms in total. The van der Waals surface area contributed by atoms with Gasteiger partial charge in [0.15, 0.2) is 0 Å². The number of benzene rings is 1. The van der Waals surface area contributed by atoms with Crippen molar-refractivity contribution < 1.29 is 5.11 Å².